The number of rotatable bonds is 3. The molecule has 0 N–H and O–H groups in total. The van der Waals surface area contributed by atoms with E-state index in [4.69, 9.17) is 13.9 Å². The number of ether oxygens (including phenoxy) is 2. The van der Waals surface area contributed by atoms with Crippen LogP contribution in [0.25, 0.3) is 21.7 Å². The van der Waals surface area contributed by atoms with Crippen LogP contribution in [0.5, 0.6) is 11.5 Å². The molecule has 0 aliphatic heterocycles. The molecule has 0 spiro atoms. The summed E-state index contributed by atoms with van der Waals surface area (Å²) in [5.41, 5.74) is 0.535. The Morgan fingerprint density at radius 3 is 2.15 bits per heavy atom. The predicted molar refractivity (Wildman–Crippen MR) is 76.8 cm³/mol. The largest absolute Gasteiger partial charge is 0.495 e. The second-order valence-electron chi connectivity index (χ2n) is 4.52. The summed E-state index contributed by atoms with van der Waals surface area (Å²) in [6, 6.07) is 9.45. The van der Waals surface area contributed by atoms with Crippen LogP contribution >= 0.6 is 0 Å². The molecule has 0 amide bonds. The first-order valence-corrected chi connectivity index (χ1v) is 6.24. The van der Waals surface area contributed by atoms with E-state index in [1.54, 1.807) is 20.3 Å². The highest BCUT2D eigenvalue weighted by Gasteiger charge is 2.20. The number of carbonyl (C=O) groups is 1. The third-order valence-electron chi connectivity index (χ3n) is 3.35. The number of ketones is 1. The van der Waals surface area contributed by atoms with Gasteiger partial charge in [-0.2, -0.15) is 0 Å². The van der Waals surface area contributed by atoms with E-state index in [2.05, 4.69) is 0 Å². The van der Waals surface area contributed by atoms with Crippen molar-refractivity contribution in [1.29, 1.82) is 0 Å². The van der Waals surface area contributed by atoms with Gasteiger partial charge in [0, 0.05) is 17.7 Å². The number of hydrogen-bond donors (Lipinski definition) is 0. The summed E-state index contributed by atoms with van der Waals surface area (Å²) in [6.07, 6.45) is 0. The third-order valence-corrected chi connectivity index (χ3v) is 3.35. The Kier molecular flexibility index (Phi) is 2.86. The average molecular weight is 270 g/mol. The highest BCUT2D eigenvalue weighted by atomic mass is 16.5. The lowest BCUT2D eigenvalue weighted by atomic mass is 10.1. The summed E-state index contributed by atoms with van der Waals surface area (Å²) in [6.45, 7) is 1.47. The second kappa shape index (κ2) is 4.56. The van der Waals surface area contributed by atoms with Crippen molar-refractivity contribution in [3.63, 3.8) is 0 Å². The van der Waals surface area contributed by atoms with Crippen molar-refractivity contribution in [2.75, 3.05) is 14.2 Å². The van der Waals surface area contributed by atoms with Crippen LogP contribution in [0.3, 0.4) is 0 Å². The molecule has 3 rings (SSSR count). The van der Waals surface area contributed by atoms with E-state index in [1.165, 1.54) is 6.92 Å². The van der Waals surface area contributed by atoms with E-state index >= 15 is 0 Å². The topological polar surface area (TPSA) is 48.7 Å². The maximum Gasteiger partial charge on any atom is 0.194 e. The van der Waals surface area contributed by atoms with E-state index in [9.17, 15) is 4.79 Å². The van der Waals surface area contributed by atoms with Crippen LogP contribution in [0.4, 0.5) is 0 Å². The summed E-state index contributed by atoms with van der Waals surface area (Å²) < 4.78 is 16.6. The lowest BCUT2D eigenvalue weighted by Crippen LogP contribution is -1.90. The molecule has 0 aliphatic rings. The SMILES string of the molecule is COc1c2ccccc2c(OC)c2oc(C(C)=O)cc12. The van der Waals surface area contributed by atoms with Crippen LogP contribution < -0.4 is 9.47 Å². The summed E-state index contributed by atoms with van der Waals surface area (Å²) in [5.74, 6) is 1.47. The van der Waals surface area contributed by atoms with Gasteiger partial charge in [-0.05, 0) is 6.07 Å². The molecule has 2 aromatic carbocycles. The van der Waals surface area contributed by atoms with Crippen LogP contribution in [-0.4, -0.2) is 20.0 Å². The minimum atomic E-state index is -0.130. The van der Waals surface area contributed by atoms with Crippen molar-refractivity contribution in [2.24, 2.45) is 0 Å². The normalized spacial score (nSPS) is 10.9. The van der Waals surface area contributed by atoms with Crippen LogP contribution in [0, 0.1) is 0 Å². The van der Waals surface area contributed by atoms with E-state index in [1.807, 2.05) is 24.3 Å². The van der Waals surface area contributed by atoms with Crippen molar-refractivity contribution >= 4 is 27.5 Å². The number of furan rings is 1. The van der Waals surface area contributed by atoms with Crippen LogP contribution in [0.2, 0.25) is 0 Å². The Hall–Kier alpha value is -2.49. The molecular weight excluding hydrogens is 256 g/mol. The molecule has 1 heterocycles. The maximum atomic E-state index is 11.5. The van der Waals surface area contributed by atoms with E-state index in [0.29, 0.717) is 22.8 Å². The zero-order valence-corrected chi connectivity index (χ0v) is 11.5. The number of methoxy groups -OCH3 is 2. The number of benzene rings is 2. The molecule has 0 aliphatic carbocycles. The van der Waals surface area contributed by atoms with Crippen LogP contribution in [0.1, 0.15) is 17.5 Å². The van der Waals surface area contributed by atoms with Gasteiger partial charge < -0.3 is 13.9 Å². The van der Waals surface area contributed by atoms with E-state index < -0.39 is 0 Å². The van der Waals surface area contributed by atoms with Crippen molar-refractivity contribution in [3.05, 3.63) is 36.1 Å². The Morgan fingerprint density at radius 1 is 1.00 bits per heavy atom. The number of hydrogen-bond acceptors (Lipinski definition) is 4. The molecule has 0 bridgehead atoms. The van der Waals surface area contributed by atoms with Gasteiger partial charge in [-0.25, -0.2) is 0 Å². The molecule has 0 saturated heterocycles. The van der Waals surface area contributed by atoms with E-state index in [-0.39, 0.29) is 5.78 Å². The molecule has 20 heavy (non-hydrogen) atoms. The zero-order valence-electron chi connectivity index (χ0n) is 11.5. The first-order valence-electron chi connectivity index (χ1n) is 6.24. The average Bonchev–Trinajstić information content (AvgIpc) is 2.89. The van der Waals surface area contributed by atoms with Crippen molar-refractivity contribution in [3.8, 4) is 11.5 Å². The standard InChI is InChI=1S/C16H14O4/c1-9(17)13-8-12-14(18-2)10-6-4-5-7-11(10)15(19-3)16(12)20-13/h4-8H,1-3H3. The first-order chi connectivity index (χ1) is 9.67. The zero-order chi connectivity index (χ0) is 14.3. The molecule has 1 aromatic heterocycles. The van der Waals surface area contributed by atoms with Gasteiger partial charge in [0.25, 0.3) is 0 Å². The molecule has 102 valence electrons. The lowest BCUT2D eigenvalue weighted by molar-refractivity contribution is 0.0989. The quantitative estimate of drug-likeness (QED) is 0.679. The van der Waals surface area contributed by atoms with Gasteiger partial charge in [0.2, 0.25) is 0 Å². The smallest absolute Gasteiger partial charge is 0.194 e. The molecule has 3 aromatic rings. The first kappa shape index (κ1) is 12.5. The summed E-state index contributed by atoms with van der Waals surface area (Å²) in [4.78, 5) is 11.5. The van der Waals surface area contributed by atoms with Crippen molar-refractivity contribution in [2.45, 2.75) is 6.92 Å². The minimum absolute atomic E-state index is 0.130. The van der Waals surface area contributed by atoms with Crippen molar-refractivity contribution in [1.82, 2.24) is 0 Å². The summed E-state index contributed by atoms with van der Waals surface area (Å²) in [7, 11) is 3.19. The van der Waals surface area contributed by atoms with Crippen LogP contribution in [0.15, 0.2) is 34.7 Å². The number of fused-ring (bicyclic) bond motifs is 2. The summed E-state index contributed by atoms with van der Waals surface area (Å²) in [5, 5.41) is 2.56. The van der Waals surface area contributed by atoms with Gasteiger partial charge in [0.05, 0.1) is 19.6 Å². The maximum absolute atomic E-state index is 11.5. The van der Waals surface area contributed by atoms with Crippen molar-refractivity contribution < 1.29 is 18.7 Å². The Labute approximate surface area is 115 Å². The Morgan fingerprint density at radius 2 is 1.60 bits per heavy atom. The molecule has 0 radical (unpaired) electrons. The number of Topliss-reactive ketones (excluding diaryl/α,β-unsaturated/α-hetero) is 1. The minimum Gasteiger partial charge on any atom is -0.495 e. The molecule has 4 heteroatoms. The van der Waals surface area contributed by atoms with Gasteiger partial charge in [-0.15, -0.1) is 0 Å². The molecule has 0 unspecified atom stereocenters. The van der Waals surface area contributed by atoms with Gasteiger partial charge in [0.15, 0.2) is 22.9 Å². The highest BCUT2D eigenvalue weighted by Crippen LogP contribution is 2.43. The summed E-state index contributed by atoms with van der Waals surface area (Å²) >= 11 is 0. The molecule has 0 saturated carbocycles. The lowest BCUT2D eigenvalue weighted by Gasteiger charge is -2.10. The molecule has 4 nitrogen and oxygen atoms in total. The fourth-order valence-corrected chi connectivity index (χ4v) is 2.47. The van der Waals surface area contributed by atoms with Gasteiger partial charge in [0.1, 0.15) is 5.75 Å². The molecule has 0 fully saturated rings. The fourth-order valence-electron chi connectivity index (χ4n) is 2.47. The van der Waals surface area contributed by atoms with Gasteiger partial charge in [-0.1, -0.05) is 24.3 Å². The Balaban J connectivity index is 2.54. The third kappa shape index (κ3) is 1.65. The van der Waals surface area contributed by atoms with Gasteiger partial charge >= 0.3 is 0 Å². The molecular formula is C16H14O4. The predicted octanol–water partition coefficient (Wildman–Crippen LogP) is 3.81. The highest BCUT2D eigenvalue weighted by molar-refractivity contribution is 6.11. The monoisotopic (exact) mass is 270 g/mol. The molecule has 0 atom stereocenters. The number of carbonyl (C=O) groups excluding carboxylic acids is 1. The Bertz CT molecular complexity index is 754. The van der Waals surface area contributed by atoms with Gasteiger partial charge in [-0.3, -0.25) is 4.79 Å². The fraction of sp³-hybridized carbons (Fsp3) is 0.188. The second-order valence-corrected chi connectivity index (χ2v) is 4.52. The van der Waals surface area contributed by atoms with Crippen LogP contribution in [-0.2, 0) is 0 Å². The van der Waals surface area contributed by atoms with E-state index in [0.717, 1.165) is 16.2 Å².